The molecule has 7 nitrogen and oxygen atoms in total. The van der Waals surface area contributed by atoms with Crippen LogP contribution in [0, 0.1) is 0 Å². The molecule has 0 saturated carbocycles. The number of hydrogen-bond donors (Lipinski definition) is 0. The van der Waals surface area contributed by atoms with E-state index < -0.39 is 0 Å². The van der Waals surface area contributed by atoms with E-state index >= 15 is 0 Å². The predicted molar refractivity (Wildman–Crippen MR) is 111 cm³/mol. The van der Waals surface area contributed by atoms with Crippen molar-refractivity contribution in [3.8, 4) is 28.7 Å². The second-order valence-electron chi connectivity index (χ2n) is 6.93. The number of benzene rings is 2. The Hall–Kier alpha value is -3.16. The molecule has 1 aliphatic rings. The van der Waals surface area contributed by atoms with Crippen molar-refractivity contribution in [1.82, 2.24) is 19.9 Å². The quantitative estimate of drug-likeness (QED) is 0.454. The van der Waals surface area contributed by atoms with Crippen LogP contribution in [-0.4, -0.2) is 26.5 Å². The fourth-order valence-corrected chi connectivity index (χ4v) is 3.55. The van der Waals surface area contributed by atoms with Crippen LogP contribution >= 0.6 is 11.6 Å². The van der Waals surface area contributed by atoms with Crippen LogP contribution in [0.4, 0.5) is 0 Å². The molecular weight excluding hydrogens is 404 g/mol. The lowest BCUT2D eigenvalue weighted by Gasteiger charge is -2.24. The number of ether oxygens (including phenoxy) is 2. The third-order valence-corrected chi connectivity index (χ3v) is 5.20. The van der Waals surface area contributed by atoms with E-state index in [1.165, 1.54) is 0 Å². The van der Waals surface area contributed by atoms with Crippen molar-refractivity contribution in [1.29, 1.82) is 0 Å². The molecule has 1 atom stereocenters. The molecule has 0 fully saturated rings. The Labute approximate surface area is 178 Å². The topological polar surface area (TPSA) is 75.2 Å². The molecule has 0 N–H and O–H groups in total. The summed E-state index contributed by atoms with van der Waals surface area (Å²) in [6.45, 7) is 3.69. The van der Waals surface area contributed by atoms with Crippen LogP contribution < -0.4 is 4.74 Å². The minimum atomic E-state index is -0.0757. The standard InChI is InChI=1S/C22H19ClN4O3/c1-2-28-18-9-5-14(6-10-18)20-12-27-17(13-29-20)11-19(25-27)22-24-21(26-30-22)15-3-7-16(23)8-4-15/h3-11,20H,2,12-13H2,1H3. The van der Waals surface area contributed by atoms with E-state index in [-0.39, 0.29) is 6.10 Å². The summed E-state index contributed by atoms with van der Waals surface area (Å²) < 4.78 is 18.9. The zero-order chi connectivity index (χ0) is 20.5. The van der Waals surface area contributed by atoms with Gasteiger partial charge in [-0.05, 0) is 55.0 Å². The number of halogens is 1. The van der Waals surface area contributed by atoms with Crippen LogP contribution in [0.2, 0.25) is 5.02 Å². The molecule has 30 heavy (non-hydrogen) atoms. The summed E-state index contributed by atoms with van der Waals surface area (Å²) in [6.07, 6.45) is -0.0757. The molecule has 2 aromatic carbocycles. The maximum atomic E-state index is 6.04. The average molecular weight is 423 g/mol. The van der Waals surface area contributed by atoms with E-state index in [1.807, 2.05) is 54.1 Å². The Morgan fingerprint density at radius 3 is 2.70 bits per heavy atom. The lowest BCUT2D eigenvalue weighted by Crippen LogP contribution is -2.21. The molecule has 152 valence electrons. The second-order valence-corrected chi connectivity index (χ2v) is 7.37. The highest BCUT2D eigenvalue weighted by molar-refractivity contribution is 6.30. The number of aromatic nitrogens is 4. The Morgan fingerprint density at radius 1 is 1.13 bits per heavy atom. The molecule has 0 radical (unpaired) electrons. The second kappa shape index (κ2) is 7.93. The number of rotatable bonds is 5. The van der Waals surface area contributed by atoms with Gasteiger partial charge in [-0.25, -0.2) is 0 Å². The largest absolute Gasteiger partial charge is 0.494 e. The van der Waals surface area contributed by atoms with Gasteiger partial charge in [0, 0.05) is 10.6 Å². The van der Waals surface area contributed by atoms with E-state index in [0.29, 0.717) is 42.2 Å². The van der Waals surface area contributed by atoms with Crippen molar-refractivity contribution in [2.75, 3.05) is 6.61 Å². The van der Waals surface area contributed by atoms with Gasteiger partial charge >= 0.3 is 0 Å². The van der Waals surface area contributed by atoms with E-state index in [1.54, 1.807) is 12.1 Å². The first-order valence-corrected chi connectivity index (χ1v) is 10.1. The first-order valence-electron chi connectivity index (χ1n) is 9.70. The SMILES string of the molecule is CCOc1ccc(C2Cn3nc(-c4nc(-c5ccc(Cl)cc5)no4)cc3CO2)cc1. The van der Waals surface area contributed by atoms with E-state index in [4.69, 9.17) is 25.6 Å². The molecule has 0 aliphatic carbocycles. The van der Waals surface area contributed by atoms with E-state index in [0.717, 1.165) is 22.6 Å². The molecular formula is C22H19ClN4O3. The zero-order valence-electron chi connectivity index (χ0n) is 16.3. The fraction of sp³-hybridized carbons (Fsp3) is 0.227. The van der Waals surface area contributed by atoms with Gasteiger partial charge in [-0.3, -0.25) is 4.68 Å². The minimum Gasteiger partial charge on any atom is -0.494 e. The van der Waals surface area contributed by atoms with Crippen LogP contribution in [0.5, 0.6) is 5.75 Å². The van der Waals surface area contributed by atoms with Crippen molar-refractivity contribution in [3.63, 3.8) is 0 Å². The van der Waals surface area contributed by atoms with Crippen LogP contribution in [0.15, 0.2) is 59.1 Å². The smallest absolute Gasteiger partial charge is 0.278 e. The first kappa shape index (κ1) is 18.8. The van der Waals surface area contributed by atoms with Crippen molar-refractivity contribution in [3.05, 3.63) is 70.9 Å². The number of nitrogens with zero attached hydrogens (tertiary/aromatic N) is 4. The van der Waals surface area contributed by atoms with Gasteiger partial charge in [0.2, 0.25) is 5.82 Å². The van der Waals surface area contributed by atoms with Gasteiger partial charge in [0.15, 0.2) is 5.69 Å². The molecule has 3 heterocycles. The molecule has 0 bridgehead atoms. The van der Waals surface area contributed by atoms with Crippen molar-refractivity contribution < 1.29 is 14.0 Å². The molecule has 4 aromatic rings. The summed E-state index contributed by atoms with van der Waals surface area (Å²) in [5.41, 5.74) is 3.52. The van der Waals surface area contributed by atoms with Crippen LogP contribution in [0.3, 0.4) is 0 Å². The van der Waals surface area contributed by atoms with Crippen LogP contribution in [0.1, 0.15) is 24.3 Å². The molecule has 0 spiro atoms. The summed E-state index contributed by atoms with van der Waals surface area (Å²) in [6, 6.07) is 17.2. The molecule has 1 unspecified atom stereocenters. The van der Waals surface area contributed by atoms with Crippen molar-refractivity contribution >= 4 is 11.6 Å². The van der Waals surface area contributed by atoms with Gasteiger partial charge in [0.05, 0.1) is 25.5 Å². The highest BCUT2D eigenvalue weighted by Gasteiger charge is 2.24. The zero-order valence-corrected chi connectivity index (χ0v) is 17.0. The highest BCUT2D eigenvalue weighted by atomic mass is 35.5. The highest BCUT2D eigenvalue weighted by Crippen LogP contribution is 2.30. The van der Waals surface area contributed by atoms with E-state index in [2.05, 4.69) is 15.2 Å². The normalized spacial score (nSPS) is 15.7. The van der Waals surface area contributed by atoms with E-state index in [9.17, 15) is 0 Å². The predicted octanol–water partition coefficient (Wildman–Crippen LogP) is 4.92. The molecule has 0 amide bonds. The van der Waals surface area contributed by atoms with Gasteiger partial charge in [-0.2, -0.15) is 10.1 Å². The Balaban J connectivity index is 1.34. The summed E-state index contributed by atoms with van der Waals surface area (Å²) >= 11 is 5.94. The lowest BCUT2D eigenvalue weighted by molar-refractivity contribution is -0.00115. The van der Waals surface area contributed by atoms with Gasteiger partial charge in [0.1, 0.15) is 11.9 Å². The molecule has 8 heteroatoms. The van der Waals surface area contributed by atoms with Crippen molar-refractivity contribution in [2.24, 2.45) is 0 Å². The van der Waals surface area contributed by atoms with Crippen molar-refractivity contribution in [2.45, 2.75) is 26.2 Å². The summed E-state index contributed by atoms with van der Waals surface area (Å²) in [4.78, 5) is 4.48. The monoisotopic (exact) mass is 422 g/mol. The molecule has 1 aliphatic heterocycles. The minimum absolute atomic E-state index is 0.0757. The van der Waals surface area contributed by atoms with Crippen LogP contribution in [-0.2, 0) is 17.9 Å². The Kier molecular flexibility index (Phi) is 4.98. The van der Waals surface area contributed by atoms with Gasteiger partial charge < -0.3 is 14.0 Å². The number of fused-ring (bicyclic) bond motifs is 1. The molecule has 2 aromatic heterocycles. The van der Waals surface area contributed by atoms with Crippen LogP contribution in [0.25, 0.3) is 23.0 Å². The Morgan fingerprint density at radius 2 is 1.93 bits per heavy atom. The van der Waals surface area contributed by atoms with Gasteiger partial charge in [-0.15, -0.1) is 0 Å². The lowest BCUT2D eigenvalue weighted by atomic mass is 10.1. The van der Waals surface area contributed by atoms with Gasteiger partial charge in [-0.1, -0.05) is 28.9 Å². The Bertz CT molecular complexity index is 1150. The number of hydrogen-bond acceptors (Lipinski definition) is 6. The summed E-state index contributed by atoms with van der Waals surface area (Å²) in [5, 5.41) is 9.38. The maximum Gasteiger partial charge on any atom is 0.278 e. The third kappa shape index (κ3) is 3.69. The molecule has 0 saturated heterocycles. The third-order valence-electron chi connectivity index (χ3n) is 4.94. The first-order chi connectivity index (χ1) is 14.7. The summed E-state index contributed by atoms with van der Waals surface area (Å²) in [7, 11) is 0. The molecule has 5 rings (SSSR count). The van der Waals surface area contributed by atoms with Gasteiger partial charge in [0.25, 0.3) is 5.89 Å². The fourth-order valence-electron chi connectivity index (χ4n) is 3.42. The maximum absolute atomic E-state index is 6.04. The average Bonchev–Trinajstić information content (AvgIpc) is 3.42. The summed E-state index contributed by atoms with van der Waals surface area (Å²) in [5.74, 6) is 1.72.